The molecular formula is C31H33N7O4. The highest BCUT2D eigenvalue weighted by Gasteiger charge is 2.22. The van der Waals surface area contributed by atoms with Crippen LogP contribution in [-0.2, 0) is 23.2 Å². The molecule has 0 saturated carbocycles. The number of nitrogens with zero attached hydrogens (tertiary/aromatic N) is 3. The number of hydrogen-bond acceptors (Lipinski definition) is 9. The summed E-state index contributed by atoms with van der Waals surface area (Å²) in [4.78, 5) is 37.3. The van der Waals surface area contributed by atoms with Crippen molar-refractivity contribution in [3.63, 3.8) is 0 Å². The fourth-order valence-electron chi connectivity index (χ4n) is 4.64. The van der Waals surface area contributed by atoms with Gasteiger partial charge in [-0.15, -0.1) is 0 Å². The second-order valence-corrected chi connectivity index (χ2v) is 11.1. The van der Waals surface area contributed by atoms with Crippen LogP contribution in [0, 0.1) is 0 Å². The second kappa shape index (κ2) is 11.8. The molecule has 11 heteroatoms. The van der Waals surface area contributed by atoms with E-state index in [0.717, 1.165) is 16.8 Å². The number of hydrogen-bond donors (Lipinski definition) is 5. The fraction of sp³-hybridized carbons (Fsp3) is 0.258. The van der Waals surface area contributed by atoms with Crippen LogP contribution in [0.2, 0.25) is 0 Å². The van der Waals surface area contributed by atoms with Gasteiger partial charge in [-0.1, -0.05) is 57.2 Å². The smallest absolute Gasteiger partial charge is 0.407 e. The van der Waals surface area contributed by atoms with Crippen LogP contribution in [0.1, 0.15) is 47.8 Å². The number of aliphatic hydroxyl groups excluding tert-OH is 1. The van der Waals surface area contributed by atoms with Crippen LogP contribution >= 0.6 is 0 Å². The van der Waals surface area contributed by atoms with E-state index < -0.39 is 6.09 Å². The van der Waals surface area contributed by atoms with Crippen molar-refractivity contribution >= 4 is 35.3 Å². The molecule has 4 aromatic rings. The summed E-state index contributed by atoms with van der Waals surface area (Å²) in [6.45, 7) is 6.32. The number of carbonyl (C=O) groups is 2. The molecule has 3 aromatic carbocycles. The van der Waals surface area contributed by atoms with E-state index in [-0.39, 0.29) is 41.7 Å². The number of nitrogen functional groups attached to an aromatic ring is 1. The molecule has 0 bridgehead atoms. The lowest BCUT2D eigenvalue weighted by Gasteiger charge is -2.19. The molecule has 1 fully saturated rings. The summed E-state index contributed by atoms with van der Waals surface area (Å²) in [5, 5.41) is 19.1. The maximum Gasteiger partial charge on any atom is 0.407 e. The summed E-state index contributed by atoms with van der Waals surface area (Å²) in [7, 11) is 0. The number of carbonyl (C=O) groups excluding carboxylic acids is 2. The molecule has 1 aliphatic rings. The third kappa shape index (κ3) is 6.64. The lowest BCUT2D eigenvalue weighted by molar-refractivity contribution is 0.102. The molecule has 0 aliphatic carbocycles. The van der Waals surface area contributed by atoms with Gasteiger partial charge in [0.2, 0.25) is 11.9 Å². The van der Waals surface area contributed by atoms with Gasteiger partial charge < -0.3 is 31.5 Å². The van der Waals surface area contributed by atoms with Gasteiger partial charge in [-0.2, -0.15) is 15.0 Å². The Morgan fingerprint density at radius 2 is 1.79 bits per heavy atom. The highest BCUT2D eigenvalue weighted by molar-refractivity contribution is 6.05. The molecule has 0 radical (unpaired) electrons. The summed E-state index contributed by atoms with van der Waals surface area (Å²) < 4.78 is 4.94. The van der Waals surface area contributed by atoms with Gasteiger partial charge in [0.05, 0.1) is 12.6 Å². The van der Waals surface area contributed by atoms with Crippen LogP contribution in [0.3, 0.4) is 0 Å². The van der Waals surface area contributed by atoms with E-state index in [2.05, 4.69) is 51.7 Å². The van der Waals surface area contributed by atoms with Gasteiger partial charge in [0, 0.05) is 28.1 Å². The molecule has 11 nitrogen and oxygen atoms in total. The number of nitrogens with one attached hydrogen (secondary N) is 3. The second-order valence-electron chi connectivity index (χ2n) is 11.1. The van der Waals surface area contributed by atoms with Gasteiger partial charge in [-0.05, 0) is 53.3 Å². The van der Waals surface area contributed by atoms with Crippen molar-refractivity contribution in [3.8, 4) is 11.4 Å². The first-order valence-electron chi connectivity index (χ1n) is 13.5. The number of aromatic nitrogens is 3. The zero-order chi connectivity index (χ0) is 29.9. The molecule has 1 atom stereocenters. The average Bonchev–Trinajstić information content (AvgIpc) is 3.37. The lowest BCUT2D eigenvalue weighted by Crippen LogP contribution is -2.28. The number of anilines is 4. The maximum absolute atomic E-state index is 13.0. The van der Waals surface area contributed by atoms with Crippen molar-refractivity contribution in [2.45, 2.75) is 45.3 Å². The predicted molar refractivity (Wildman–Crippen MR) is 160 cm³/mol. The van der Waals surface area contributed by atoms with Gasteiger partial charge >= 0.3 is 6.09 Å². The maximum atomic E-state index is 13.0. The number of ether oxygens (including phenoxy) is 1. The van der Waals surface area contributed by atoms with Crippen molar-refractivity contribution in [3.05, 3.63) is 89.0 Å². The highest BCUT2D eigenvalue weighted by Crippen LogP contribution is 2.29. The number of nitrogens with two attached hydrogens (primary N) is 1. The lowest BCUT2D eigenvalue weighted by atomic mass is 9.86. The van der Waals surface area contributed by atoms with Gasteiger partial charge in [-0.3, -0.25) is 4.79 Å². The molecule has 6 N–H and O–H groups in total. The van der Waals surface area contributed by atoms with Crippen LogP contribution in [-0.4, -0.2) is 44.7 Å². The van der Waals surface area contributed by atoms with E-state index in [9.17, 15) is 14.7 Å². The molecule has 0 unspecified atom stereocenters. The molecule has 2 amide bonds. The monoisotopic (exact) mass is 567 g/mol. The van der Waals surface area contributed by atoms with E-state index in [1.807, 2.05) is 36.4 Å². The summed E-state index contributed by atoms with van der Waals surface area (Å²) in [6.07, 6.45) is 0.248. The number of benzene rings is 3. The summed E-state index contributed by atoms with van der Waals surface area (Å²) >= 11 is 0. The zero-order valence-electron chi connectivity index (χ0n) is 23.6. The number of cyclic esters (lactones) is 1. The van der Waals surface area contributed by atoms with Crippen molar-refractivity contribution in [2.24, 2.45) is 0 Å². The normalized spacial score (nSPS) is 14.7. The van der Waals surface area contributed by atoms with Crippen LogP contribution in [0.5, 0.6) is 0 Å². The summed E-state index contributed by atoms with van der Waals surface area (Å²) in [5.74, 6) is 0.159. The van der Waals surface area contributed by atoms with Gasteiger partial charge in [-0.25, -0.2) is 4.79 Å². The van der Waals surface area contributed by atoms with Crippen LogP contribution in [0.25, 0.3) is 11.4 Å². The fourth-order valence-corrected chi connectivity index (χ4v) is 4.64. The molecule has 2 heterocycles. The quantitative estimate of drug-likeness (QED) is 0.205. The summed E-state index contributed by atoms with van der Waals surface area (Å²) in [6, 6.07) is 20.2. The molecule has 0 spiro atoms. The standard InChI is InChI=1S/C31H33N7O4/c1-31(2,3)20-11-9-19(10-12-20)27(40)35-25-6-4-5-23(24(25)16-39)26-36-28(32)38-29(37-26)33-21-13-7-18(8-14-21)15-22-17-42-30(41)34-22/h4-14,22,39H,15-17H2,1-3H3,(H,34,41)(H,35,40)(H3,32,33,36,37,38)/t22-/m0/s1. The van der Waals surface area contributed by atoms with E-state index in [4.69, 9.17) is 10.5 Å². The first-order valence-corrected chi connectivity index (χ1v) is 13.5. The SMILES string of the molecule is CC(C)(C)c1ccc(C(=O)Nc2cccc(-c3nc(N)nc(Nc4ccc(C[C@H]5COC(=O)N5)cc4)n3)c2CO)cc1. The molecule has 5 rings (SSSR count). The Hall–Kier alpha value is -5.03. The third-order valence-electron chi connectivity index (χ3n) is 6.92. The molecular weight excluding hydrogens is 534 g/mol. The van der Waals surface area contributed by atoms with E-state index in [0.29, 0.717) is 35.4 Å². The minimum absolute atomic E-state index is 0.00615. The number of aliphatic hydroxyl groups is 1. The van der Waals surface area contributed by atoms with Crippen molar-refractivity contribution < 1.29 is 19.4 Å². The van der Waals surface area contributed by atoms with Crippen molar-refractivity contribution in [1.82, 2.24) is 20.3 Å². The molecule has 42 heavy (non-hydrogen) atoms. The summed E-state index contributed by atoms with van der Waals surface area (Å²) in [5.41, 5.74) is 10.8. The first kappa shape index (κ1) is 28.5. The molecule has 1 saturated heterocycles. The minimum Gasteiger partial charge on any atom is -0.447 e. The van der Waals surface area contributed by atoms with Crippen LogP contribution < -0.4 is 21.7 Å². The van der Waals surface area contributed by atoms with Crippen molar-refractivity contribution in [1.29, 1.82) is 0 Å². The zero-order valence-corrected chi connectivity index (χ0v) is 23.6. The molecule has 216 valence electrons. The average molecular weight is 568 g/mol. The Kier molecular flexibility index (Phi) is 8.03. The van der Waals surface area contributed by atoms with E-state index >= 15 is 0 Å². The van der Waals surface area contributed by atoms with E-state index in [1.165, 1.54) is 0 Å². The Balaban J connectivity index is 1.34. The number of amides is 2. The minimum atomic E-state index is -0.398. The largest absolute Gasteiger partial charge is 0.447 e. The van der Waals surface area contributed by atoms with E-state index in [1.54, 1.807) is 30.3 Å². The highest BCUT2D eigenvalue weighted by atomic mass is 16.6. The number of rotatable bonds is 8. The third-order valence-corrected chi connectivity index (χ3v) is 6.92. The Morgan fingerprint density at radius 3 is 2.43 bits per heavy atom. The van der Waals surface area contributed by atoms with Gasteiger partial charge in [0.25, 0.3) is 5.91 Å². The van der Waals surface area contributed by atoms with Crippen LogP contribution in [0.15, 0.2) is 66.7 Å². The Labute approximate surface area is 243 Å². The van der Waals surface area contributed by atoms with Crippen LogP contribution in [0.4, 0.5) is 28.1 Å². The van der Waals surface area contributed by atoms with Gasteiger partial charge in [0.15, 0.2) is 5.82 Å². The topological polar surface area (TPSA) is 164 Å². The molecule has 1 aliphatic heterocycles. The van der Waals surface area contributed by atoms with Gasteiger partial charge in [0.1, 0.15) is 6.61 Å². The Bertz CT molecular complexity index is 1600. The predicted octanol–water partition coefficient (Wildman–Crippen LogP) is 4.56. The Morgan fingerprint density at radius 1 is 1.05 bits per heavy atom. The first-order chi connectivity index (χ1) is 20.1. The van der Waals surface area contributed by atoms with Crippen molar-refractivity contribution in [2.75, 3.05) is 23.0 Å². The number of alkyl carbamates (subject to hydrolysis) is 1. The molecule has 1 aromatic heterocycles.